The summed E-state index contributed by atoms with van der Waals surface area (Å²) < 4.78 is 27.8. The number of hydrogen-bond acceptors (Lipinski definition) is 5. The lowest BCUT2D eigenvalue weighted by Crippen LogP contribution is -2.11. The Morgan fingerprint density at radius 2 is 2.05 bits per heavy atom. The Kier molecular flexibility index (Phi) is 2.97. The van der Waals surface area contributed by atoms with Crippen molar-refractivity contribution >= 4 is 11.5 Å². The van der Waals surface area contributed by atoms with Crippen LogP contribution in [0.15, 0.2) is 30.3 Å². The summed E-state index contributed by atoms with van der Waals surface area (Å²) in [5.41, 5.74) is 0.862. The third kappa shape index (κ3) is 2.27. The highest BCUT2D eigenvalue weighted by atomic mass is 19.1. The van der Waals surface area contributed by atoms with E-state index in [4.69, 9.17) is 0 Å². The first kappa shape index (κ1) is 12.4. The maximum absolute atomic E-state index is 13.7. The van der Waals surface area contributed by atoms with Gasteiger partial charge >= 0.3 is 0 Å². The summed E-state index contributed by atoms with van der Waals surface area (Å²) in [6, 6.07) is 6.46. The van der Waals surface area contributed by atoms with Crippen LogP contribution in [0.4, 0.5) is 14.6 Å². The van der Waals surface area contributed by atoms with E-state index in [0.29, 0.717) is 17.0 Å². The molecule has 1 aromatic carbocycles. The van der Waals surface area contributed by atoms with Crippen LogP contribution in [0.5, 0.6) is 0 Å². The van der Waals surface area contributed by atoms with E-state index in [9.17, 15) is 8.78 Å². The van der Waals surface area contributed by atoms with Crippen LogP contribution in [0.3, 0.4) is 0 Å². The Hall–Kier alpha value is -2.64. The SMILES string of the molecule is C[C@@H](Nc1ccc2nnnn2n1)c1ccc(F)cc1F. The van der Waals surface area contributed by atoms with E-state index in [2.05, 4.69) is 25.9 Å². The predicted octanol–water partition coefficient (Wildman–Crippen LogP) is 1.97. The van der Waals surface area contributed by atoms with Crippen LogP contribution in [-0.2, 0) is 0 Å². The molecular weight excluding hydrogens is 266 g/mol. The standard InChI is InChI=1S/C12H10F2N6/c1-7(9-3-2-8(13)6-10(9)14)15-11-4-5-12-16-18-19-20(12)17-11/h2-7H,1H3,(H,15,17)/t7-/m1/s1. The molecule has 0 spiro atoms. The minimum absolute atomic E-state index is 0.352. The maximum atomic E-state index is 13.7. The molecule has 3 rings (SSSR count). The molecule has 0 bridgehead atoms. The number of nitrogens with one attached hydrogen (secondary N) is 1. The van der Waals surface area contributed by atoms with Crippen LogP contribution in [0.1, 0.15) is 18.5 Å². The third-order valence-electron chi connectivity index (χ3n) is 2.86. The first-order chi connectivity index (χ1) is 9.63. The molecule has 0 aliphatic carbocycles. The van der Waals surface area contributed by atoms with Crippen molar-refractivity contribution in [3.05, 3.63) is 47.5 Å². The van der Waals surface area contributed by atoms with Gasteiger partial charge in [-0.15, -0.1) is 14.8 Å². The van der Waals surface area contributed by atoms with Gasteiger partial charge in [0.1, 0.15) is 17.5 Å². The van der Waals surface area contributed by atoms with Gasteiger partial charge in [-0.25, -0.2) is 8.78 Å². The van der Waals surface area contributed by atoms with Crippen LogP contribution in [0.25, 0.3) is 5.65 Å². The number of fused-ring (bicyclic) bond motifs is 1. The second-order valence-electron chi connectivity index (χ2n) is 4.28. The molecule has 0 aliphatic heterocycles. The summed E-state index contributed by atoms with van der Waals surface area (Å²) in [4.78, 5) is 0. The van der Waals surface area contributed by atoms with Gasteiger partial charge in [-0.3, -0.25) is 0 Å². The van der Waals surface area contributed by atoms with E-state index in [0.717, 1.165) is 6.07 Å². The van der Waals surface area contributed by atoms with Gasteiger partial charge in [0.2, 0.25) is 0 Å². The molecule has 0 aliphatic rings. The lowest BCUT2D eigenvalue weighted by molar-refractivity contribution is 0.566. The summed E-state index contributed by atoms with van der Waals surface area (Å²) in [5, 5.41) is 18.0. The Morgan fingerprint density at radius 3 is 2.85 bits per heavy atom. The molecule has 1 N–H and O–H groups in total. The highest BCUT2D eigenvalue weighted by Gasteiger charge is 2.12. The Balaban J connectivity index is 1.85. The molecule has 0 fully saturated rings. The second-order valence-corrected chi connectivity index (χ2v) is 4.28. The highest BCUT2D eigenvalue weighted by Crippen LogP contribution is 2.21. The lowest BCUT2D eigenvalue weighted by atomic mass is 10.1. The molecule has 0 radical (unpaired) electrons. The van der Waals surface area contributed by atoms with Crippen molar-refractivity contribution in [2.45, 2.75) is 13.0 Å². The molecule has 3 aromatic rings. The molecular formula is C12H10F2N6. The Labute approximate surface area is 112 Å². The molecule has 0 saturated heterocycles. The average Bonchev–Trinajstić information content (AvgIpc) is 2.85. The zero-order valence-electron chi connectivity index (χ0n) is 10.5. The summed E-state index contributed by atoms with van der Waals surface area (Å²) >= 11 is 0. The normalized spacial score (nSPS) is 12.6. The largest absolute Gasteiger partial charge is 0.362 e. The van der Waals surface area contributed by atoms with Crippen LogP contribution in [0.2, 0.25) is 0 Å². The van der Waals surface area contributed by atoms with Crippen LogP contribution in [0, 0.1) is 11.6 Å². The number of aromatic nitrogens is 5. The van der Waals surface area contributed by atoms with E-state index in [1.54, 1.807) is 19.1 Å². The smallest absolute Gasteiger partial charge is 0.200 e. The van der Waals surface area contributed by atoms with Crippen molar-refractivity contribution in [2.24, 2.45) is 0 Å². The molecule has 2 heterocycles. The highest BCUT2D eigenvalue weighted by molar-refractivity contribution is 5.43. The first-order valence-electron chi connectivity index (χ1n) is 5.90. The topological polar surface area (TPSA) is 68.0 Å². The fourth-order valence-electron chi connectivity index (χ4n) is 1.88. The molecule has 2 aromatic heterocycles. The van der Waals surface area contributed by atoms with Crippen molar-refractivity contribution in [1.29, 1.82) is 0 Å². The summed E-state index contributed by atoms with van der Waals surface area (Å²) in [5.74, 6) is -0.721. The zero-order chi connectivity index (χ0) is 14.1. The number of tetrazole rings is 1. The van der Waals surface area contributed by atoms with Gasteiger partial charge in [-0.1, -0.05) is 6.07 Å². The van der Waals surface area contributed by atoms with Crippen molar-refractivity contribution in [2.75, 3.05) is 5.32 Å². The molecule has 0 unspecified atom stereocenters. The van der Waals surface area contributed by atoms with Crippen molar-refractivity contribution in [1.82, 2.24) is 25.3 Å². The van der Waals surface area contributed by atoms with Gasteiger partial charge < -0.3 is 5.32 Å². The number of halogens is 2. The van der Waals surface area contributed by atoms with Crippen LogP contribution in [-0.4, -0.2) is 25.3 Å². The zero-order valence-corrected chi connectivity index (χ0v) is 10.5. The molecule has 1 atom stereocenters. The van der Waals surface area contributed by atoms with Crippen molar-refractivity contribution in [3.8, 4) is 0 Å². The average molecular weight is 276 g/mol. The van der Waals surface area contributed by atoms with E-state index >= 15 is 0 Å². The number of benzene rings is 1. The maximum Gasteiger partial charge on any atom is 0.200 e. The monoisotopic (exact) mass is 276 g/mol. The first-order valence-corrected chi connectivity index (χ1v) is 5.90. The minimum Gasteiger partial charge on any atom is -0.362 e. The van der Waals surface area contributed by atoms with Gasteiger partial charge in [-0.05, 0) is 35.5 Å². The quantitative estimate of drug-likeness (QED) is 0.792. The summed E-state index contributed by atoms with van der Waals surface area (Å²) in [6.07, 6.45) is 0. The van der Waals surface area contributed by atoms with E-state index < -0.39 is 11.6 Å². The van der Waals surface area contributed by atoms with Crippen molar-refractivity contribution < 1.29 is 8.78 Å². The number of nitrogens with zero attached hydrogens (tertiary/aromatic N) is 5. The Bertz CT molecular complexity index is 757. The summed E-state index contributed by atoms with van der Waals surface area (Å²) in [6.45, 7) is 1.75. The lowest BCUT2D eigenvalue weighted by Gasteiger charge is -2.15. The molecule has 8 heteroatoms. The van der Waals surface area contributed by atoms with Gasteiger partial charge in [0, 0.05) is 11.6 Å². The minimum atomic E-state index is -0.605. The van der Waals surface area contributed by atoms with Gasteiger partial charge in [0.05, 0.1) is 6.04 Å². The molecule has 0 amide bonds. The van der Waals surface area contributed by atoms with E-state index in [-0.39, 0.29) is 6.04 Å². The molecule has 0 saturated carbocycles. The molecule has 6 nitrogen and oxygen atoms in total. The fourth-order valence-corrected chi connectivity index (χ4v) is 1.88. The molecule has 20 heavy (non-hydrogen) atoms. The summed E-state index contributed by atoms with van der Waals surface area (Å²) in [7, 11) is 0. The third-order valence-corrected chi connectivity index (χ3v) is 2.86. The predicted molar refractivity (Wildman–Crippen MR) is 67.0 cm³/mol. The fraction of sp³-hybridized carbons (Fsp3) is 0.167. The number of anilines is 1. The van der Waals surface area contributed by atoms with E-state index in [1.807, 2.05) is 0 Å². The Morgan fingerprint density at radius 1 is 1.20 bits per heavy atom. The molecule has 102 valence electrons. The second kappa shape index (κ2) is 4.80. The van der Waals surface area contributed by atoms with Gasteiger partial charge in [0.25, 0.3) is 0 Å². The van der Waals surface area contributed by atoms with Crippen LogP contribution < -0.4 is 5.32 Å². The van der Waals surface area contributed by atoms with E-state index in [1.165, 1.54) is 16.8 Å². The van der Waals surface area contributed by atoms with Gasteiger partial charge in [0.15, 0.2) is 5.65 Å². The van der Waals surface area contributed by atoms with Crippen LogP contribution >= 0.6 is 0 Å². The number of rotatable bonds is 3. The van der Waals surface area contributed by atoms with Gasteiger partial charge in [-0.2, -0.15) is 0 Å². The van der Waals surface area contributed by atoms with Crippen molar-refractivity contribution in [3.63, 3.8) is 0 Å². The number of hydrogen-bond donors (Lipinski definition) is 1.